The molecule has 0 bridgehead atoms. The second-order valence-electron chi connectivity index (χ2n) is 4.56. The lowest BCUT2D eigenvalue weighted by atomic mass is 10.2. The fourth-order valence-corrected chi connectivity index (χ4v) is 1.83. The molecule has 0 aromatic heterocycles. The number of rotatable bonds is 4. The fraction of sp³-hybridized carbons (Fsp3) is 0.0667. The Morgan fingerprint density at radius 2 is 1.83 bits per heavy atom. The van der Waals surface area contributed by atoms with Gasteiger partial charge in [0.2, 0.25) is 0 Å². The molecule has 9 heteroatoms. The van der Waals surface area contributed by atoms with E-state index in [2.05, 4.69) is 10.6 Å². The Kier molecular flexibility index (Phi) is 5.05. The average molecular weight is 333 g/mol. The number of nitrogens with one attached hydrogen (secondary N) is 2. The molecule has 2 aromatic rings. The number of methoxy groups -OCH3 is 1. The predicted molar refractivity (Wildman–Crippen MR) is 83.3 cm³/mol. The molecule has 0 aliphatic carbocycles. The lowest BCUT2D eigenvalue weighted by Crippen LogP contribution is -2.29. The molecule has 0 unspecified atom stereocenters. The van der Waals surface area contributed by atoms with E-state index in [-0.39, 0.29) is 22.8 Å². The molecule has 2 aromatic carbocycles. The topological polar surface area (TPSA) is 111 Å². The van der Waals surface area contributed by atoms with Gasteiger partial charge < -0.3 is 15.4 Å². The molecule has 2 amide bonds. The van der Waals surface area contributed by atoms with Crippen molar-refractivity contribution in [2.24, 2.45) is 0 Å². The van der Waals surface area contributed by atoms with Gasteiger partial charge in [-0.2, -0.15) is 0 Å². The number of anilines is 2. The molecular weight excluding hydrogens is 321 g/mol. The number of halogens is 1. The van der Waals surface area contributed by atoms with Gasteiger partial charge in [-0.3, -0.25) is 19.7 Å². The van der Waals surface area contributed by atoms with Crippen molar-refractivity contribution in [3.8, 4) is 5.75 Å². The molecule has 0 saturated carbocycles. The van der Waals surface area contributed by atoms with Crippen LogP contribution < -0.4 is 15.4 Å². The predicted octanol–water partition coefficient (Wildman–Crippen LogP) is 2.32. The highest BCUT2D eigenvalue weighted by molar-refractivity contribution is 6.43. The van der Waals surface area contributed by atoms with E-state index in [1.165, 1.54) is 31.4 Å². The third-order valence-electron chi connectivity index (χ3n) is 2.93. The standard InChI is InChI=1S/C15H12FN3O5/c1-24-13-8-11(19(22)23)5-6-12(13)18-15(21)14(20)17-10-4-2-3-9(16)7-10/h2-8H,1H3,(H,17,20)(H,18,21). The van der Waals surface area contributed by atoms with Crippen LogP contribution in [0.5, 0.6) is 5.75 Å². The molecule has 124 valence electrons. The summed E-state index contributed by atoms with van der Waals surface area (Å²) in [7, 11) is 1.27. The summed E-state index contributed by atoms with van der Waals surface area (Å²) in [6.07, 6.45) is 0. The number of hydrogen-bond acceptors (Lipinski definition) is 5. The third-order valence-corrected chi connectivity index (χ3v) is 2.93. The summed E-state index contributed by atoms with van der Waals surface area (Å²) in [6, 6.07) is 8.55. The molecule has 0 aliphatic heterocycles. The maximum Gasteiger partial charge on any atom is 0.314 e. The van der Waals surface area contributed by atoms with Crippen molar-refractivity contribution >= 4 is 28.9 Å². The Morgan fingerprint density at radius 3 is 2.46 bits per heavy atom. The first-order chi connectivity index (χ1) is 11.4. The second-order valence-corrected chi connectivity index (χ2v) is 4.56. The summed E-state index contributed by atoms with van der Waals surface area (Å²) in [5, 5.41) is 15.2. The zero-order valence-corrected chi connectivity index (χ0v) is 12.4. The van der Waals surface area contributed by atoms with Gasteiger partial charge in [0.25, 0.3) is 5.69 Å². The number of carbonyl (C=O) groups excluding carboxylic acids is 2. The minimum Gasteiger partial charge on any atom is -0.494 e. The summed E-state index contributed by atoms with van der Waals surface area (Å²) < 4.78 is 18.0. The maximum absolute atomic E-state index is 13.0. The summed E-state index contributed by atoms with van der Waals surface area (Å²) in [5.41, 5.74) is -0.0256. The van der Waals surface area contributed by atoms with Gasteiger partial charge in [0.15, 0.2) is 0 Å². The number of carbonyl (C=O) groups is 2. The van der Waals surface area contributed by atoms with Gasteiger partial charge in [0.05, 0.1) is 23.8 Å². The highest BCUT2D eigenvalue weighted by Crippen LogP contribution is 2.28. The molecule has 0 heterocycles. The number of nitro benzene ring substituents is 1. The molecule has 0 aliphatic rings. The van der Waals surface area contributed by atoms with Gasteiger partial charge in [0.1, 0.15) is 11.6 Å². The number of nitrogens with zero attached hydrogens (tertiary/aromatic N) is 1. The first-order valence-corrected chi connectivity index (χ1v) is 6.61. The Balaban J connectivity index is 2.11. The fourth-order valence-electron chi connectivity index (χ4n) is 1.83. The summed E-state index contributed by atoms with van der Waals surface area (Å²) in [6.45, 7) is 0. The van der Waals surface area contributed by atoms with Crippen LogP contribution in [0.3, 0.4) is 0 Å². The van der Waals surface area contributed by atoms with Crippen LogP contribution in [0.1, 0.15) is 0 Å². The molecular formula is C15H12FN3O5. The van der Waals surface area contributed by atoms with Gasteiger partial charge in [-0.1, -0.05) is 6.07 Å². The average Bonchev–Trinajstić information content (AvgIpc) is 2.54. The minimum absolute atomic E-state index is 0.0242. The smallest absolute Gasteiger partial charge is 0.314 e. The van der Waals surface area contributed by atoms with Crippen molar-refractivity contribution < 1.29 is 23.6 Å². The summed E-state index contributed by atoms with van der Waals surface area (Å²) in [5.74, 6) is -2.60. The third kappa shape index (κ3) is 4.03. The summed E-state index contributed by atoms with van der Waals surface area (Å²) >= 11 is 0. The molecule has 24 heavy (non-hydrogen) atoms. The van der Waals surface area contributed by atoms with Gasteiger partial charge >= 0.3 is 11.8 Å². The lowest BCUT2D eigenvalue weighted by Gasteiger charge is -2.10. The van der Waals surface area contributed by atoms with Gasteiger partial charge in [-0.15, -0.1) is 0 Å². The van der Waals surface area contributed by atoms with Crippen molar-refractivity contribution in [1.82, 2.24) is 0 Å². The van der Waals surface area contributed by atoms with Crippen LogP contribution in [0.2, 0.25) is 0 Å². The Hall–Kier alpha value is -3.49. The van der Waals surface area contributed by atoms with Crippen LogP contribution in [0.15, 0.2) is 42.5 Å². The molecule has 0 atom stereocenters. The van der Waals surface area contributed by atoms with Crippen molar-refractivity contribution in [2.45, 2.75) is 0 Å². The first kappa shape index (κ1) is 16.9. The van der Waals surface area contributed by atoms with E-state index in [1.807, 2.05) is 0 Å². The molecule has 0 radical (unpaired) electrons. The lowest BCUT2D eigenvalue weighted by molar-refractivity contribution is -0.384. The molecule has 2 N–H and O–H groups in total. The zero-order chi connectivity index (χ0) is 17.7. The maximum atomic E-state index is 13.0. The SMILES string of the molecule is COc1cc([N+](=O)[O-])ccc1NC(=O)C(=O)Nc1cccc(F)c1. The van der Waals surface area contributed by atoms with Crippen LogP contribution >= 0.6 is 0 Å². The molecule has 0 spiro atoms. The summed E-state index contributed by atoms with van der Waals surface area (Å²) in [4.78, 5) is 33.8. The Bertz CT molecular complexity index is 809. The van der Waals surface area contributed by atoms with E-state index in [0.29, 0.717) is 0 Å². The number of amides is 2. The molecule has 8 nitrogen and oxygen atoms in total. The van der Waals surface area contributed by atoms with Gasteiger partial charge in [-0.05, 0) is 24.3 Å². The largest absolute Gasteiger partial charge is 0.494 e. The minimum atomic E-state index is -1.04. The molecule has 0 saturated heterocycles. The number of non-ortho nitro benzene ring substituents is 1. The van der Waals surface area contributed by atoms with Crippen molar-refractivity contribution in [3.63, 3.8) is 0 Å². The Labute approximate surface area is 135 Å². The van der Waals surface area contributed by atoms with Crippen molar-refractivity contribution in [2.75, 3.05) is 17.7 Å². The monoisotopic (exact) mass is 333 g/mol. The van der Waals surface area contributed by atoms with Crippen LogP contribution in [0.25, 0.3) is 0 Å². The van der Waals surface area contributed by atoms with E-state index in [0.717, 1.165) is 18.2 Å². The molecule has 0 fully saturated rings. The Morgan fingerprint density at radius 1 is 1.12 bits per heavy atom. The van der Waals surface area contributed by atoms with Crippen LogP contribution in [-0.2, 0) is 9.59 Å². The van der Waals surface area contributed by atoms with Crippen molar-refractivity contribution in [1.29, 1.82) is 0 Å². The molecule has 2 rings (SSSR count). The second kappa shape index (κ2) is 7.18. The van der Waals surface area contributed by atoms with Gasteiger partial charge in [-0.25, -0.2) is 4.39 Å². The van der Waals surface area contributed by atoms with E-state index in [9.17, 15) is 24.1 Å². The van der Waals surface area contributed by atoms with Crippen LogP contribution in [0.4, 0.5) is 21.5 Å². The number of benzene rings is 2. The van der Waals surface area contributed by atoms with Crippen molar-refractivity contribution in [3.05, 3.63) is 58.4 Å². The quantitative estimate of drug-likeness (QED) is 0.507. The number of hydrogen-bond donors (Lipinski definition) is 2. The van der Waals surface area contributed by atoms with E-state index >= 15 is 0 Å². The highest BCUT2D eigenvalue weighted by Gasteiger charge is 2.18. The van der Waals surface area contributed by atoms with Gasteiger partial charge in [0, 0.05) is 11.8 Å². The zero-order valence-electron chi connectivity index (χ0n) is 12.4. The normalized spacial score (nSPS) is 9.92. The van der Waals surface area contributed by atoms with Crippen LogP contribution in [0, 0.1) is 15.9 Å². The highest BCUT2D eigenvalue weighted by atomic mass is 19.1. The first-order valence-electron chi connectivity index (χ1n) is 6.61. The number of nitro groups is 1. The van der Waals surface area contributed by atoms with E-state index < -0.39 is 22.6 Å². The van der Waals surface area contributed by atoms with E-state index in [1.54, 1.807) is 0 Å². The number of ether oxygens (including phenoxy) is 1. The van der Waals surface area contributed by atoms with Crippen LogP contribution in [-0.4, -0.2) is 23.8 Å². The van der Waals surface area contributed by atoms with E-state index in [4.69, 9.17) is 4.74 Å².